The molecule has 1 fully saturated rings. The molecule has 5 rings (SSSR count). The molecule has 0 atom stereocenters. The second kappa shape index (κ2) is 10.4. The number of alkyl halides is 3. The van der Waals surface area contributed by atoms with Gasteiger partial charge >= 0.3 is 12.2 Å². The van der Waals surface area contributed by atoms with E-state index in [1.54, 1.807) is 23.1 Å². The molecule has 6 nitrogen and oxygen atoms in total. The maximum absolute atomic E-state index is 13.2. The van der Waals surface area contributed by atoms with Gasteiger partial charge in [0, 0.05) is 43.9 Å². The van der Waals surface area contributed by atoms with E-state index in [0.29, 0.717) is 49.7 Å². The Morgan fingerprint density at radius 3 is 2.51 bits per heavy atom. The average Bonchev–Trinajstić information content (AvgIpc) is 3.30. The first-order valence-electron chi connectivity index (χ1n) is 11.8. The van der Waals surface area contributed by atoms with Gasteiger partial charge < -0.3 is 9.42 Å². The molecule has 1 aliphatic heterocycles. The summed E-state index contributed by atoms with van der Waals surface area (Å²) in [5, 5.41) is 7.52. The van der Waals surface area contributed by atoms with Crippen molar-refractivity contribution in [2.24, 2.45) is 0 Å². The normalized spacial score (nSPS) is 14.3. The minimum atomic E-state index is -4.45. The van der Waals surface area contributed by atoms with E-state index in [4.69, 9.17) is 4.52 Å². The van der Waals surface area contributed by atoms with Crippen molar-refractivity contribution in [1.82, 2.24) is 15.0 Å². The second-order valence-corrected chi connectivity index (χ2v) is 8.71. The Hall–Kier alpha value is -4.29. The predicted molar refractivity (Wildman–Crippen MR) is 134 cm³/mol. The van der Waals surface area contributed by atoms with Gasteiger partial charge in [0.05, 0.1) is 10.9 Å². The van der Waals surface area contributed by atoms with Gasteiger partial charge in [0.15, 0.2) is 11.4 Å². The summed E-state index contributed by atoms with van der Waals surface area (Å²) in [7, 11) is 0. The SMILES string of the molecule is O=C(Nc1noc2ccccc12)N1CCN(Cc2cccc(C#Cc3ccccc3C(F)(F)F)c2)CC1. The molecule has 3 aromatic carbocycles. The van der Waals surface area contributed by atoms with Gasteiger partial charge in [-0.1, -0.05) is 53.4 Å². The molecule has 4 aromatic rings. The van der Waals surface area contributed by atoms with Crippen molar-refractivity contribution in [3.63, 3.8) is 0 Å². The molecular weight excluding hydrogens is 481 g/mol. The zero-order valence-corrected chi connectivity index (χ0v) is 19.8. The molecule has 0 saturated carbocycles. The van der Waals surface area contributed by atoms with Gasteiger partial charge in [0.2, 0.25) is 0 Å². The molecule has 0 spiro atoms. The van der Waals surface area contributed by atoms with Crippen molar-refractivity contribution >= 4 is 22.8 Å². The number of nitrogens with one attached hydrogen (secondary N) is 1. The van der Waals surface area contributed by atoms with Crippen LogP contribution in [0.4, 0.5) is 23.8 Å². The highest BCUT2D eigenvalue weighted by molar-refractivity contribution is 5.98. The second-order valence-electron chi connectivity index (χ2n) is 8.71. The van der Waals surface area contributed by atoms with E-state index in [1.807, 2.05) is 36.4 Å². The molecule has 0 bridgehead atoms. The van der Waals surface area contributed by atoms with E-state index in [9.17, 15) is 18.0 Å². The number of fused-ring (bicyclic) bond motifs is 1. The van der Waals surface area contributed by atoms with E-state index in [2.05, 4.69) is 27.2 Å². The number of hydrogen-bond donors (Lipinski definition) is 1. The summed E-state index contributed by atoms with van der Waals surface area (Å²) in [6.07, 6.45) is -4.45. The van der Waals surface area contributed by atoms with Gasteiger partial charge in [-0.3, -0.25) is 10.2 Å². The van der Waals surface area contributed by atoms with Gasteiger partial charge in [-0.15, -0.1) is 0 Å². The summed E-state index contributed by atoms with van der Waals surface area (Å²) in [6.45, 7) is 3.12. The van der Waals surface area contributed by atoms with Gasteiger partial charge in [-0.05, 0) is 42.0 Å². The summed E-state index contributed by atoms with van der Waals surface area (Å²) in [5.41, 5.74) is 1.47. The fourth-order valence-electron chi connectivity index (χ4n) is 4.25. The number of benzene rings is 3. The Labute approximate surface area is 211 Å². The quantitative estimate of drug-likeness (QED) is 0.369. The molecule has 37 heavy (non-hydrogen) atoms. The maximum Gasteiger partial charge on any atom is 0.417 e. The summed E-state index contributed by atoms with van der Waals surface area (Å²) >= 11 is 0. The van der Waals surface area contributed by atoms with E-state index in [-0.39, 0.29) is 11.6 Å². The number of hydrogen-bond acceptors (Lipinski definition) is 4. The van der Waals surface area contributed by atoms with Gasteiger partial charge in [0.25, 0.3) is 0 Å². The zero-order chi connectivity index (χ0) is 25.8. The van der Waals surface area contributed by atoms with Crippen LogP contribution in [0.2, 0.25) is 0 Å². The molecule has 0 aliphatic carbocycles. The van der Waals surface area contributed by atoms with Crippen molar-refractivity contribution in [2.75, 3.05) is 31.5 Å². The molecule has 2 heterocycles. The van der Waals surface area contributed by atoms with Crippen LogP contribution in [0.3, 0.4) is 0 Å². The highest BCUT2D eigenvalue weighted by Gasteiger charge is 2.32. The van der Waals surface area contributed by atoms with Gasteiger partial charge in [-0.25, -0.2) is 4.79 Å². The van der Waals surface area contributed by atoms with E-state index >= 15 is 0 Å². The summed E-state index contributed by atoms with van der Waals surface area (Å²) in [6, 6.07) is 19.9. The monoisotopic (exact) mass is 504 g/mol. The van der Waals surface area contributed by atoms with Crippen LogP contribution in [0.25, 0.3) is 11.0 Å². The number of urea groups is 1. The first kappa shape index (κ1) is 24.4. The standard InChI is InChI=1S/C28H23F3N4O2/c29-28(30,31)24-10-3-1-8-22(24)13-12-20-6-5-7-21(18-20)19-34-14-16-35(17-15-34)27(36)32-26-23-9-2-4-11-25(23)37-33-26/h1-11,18H,14-17,19H2,(H,32,33,36). The minimum absolute atomic E-state index is 0.0478. The number of piperazine rings is 1. The Morgan fingerprint density at radius 1 is 0.946 bits per heavy atom. The summed E-state index contributed by atoms with van der Waals surface area (Å²) in [4.78, 5) is 16.7. The van der Waals surface area contributed by atoms with Crippen LogP contribution in [0.1, 0.15) is 22.3 Å². The van der Waals surface area contributed by atoms with Crippen LogP contribution in [-0.2, 0) is 12.7 Å². The number of carbonyl (C=O) groups is 1. The van der Waals surface area contributed by atoms with E-state index in [0.717, 1.165) is 17.0 Å². The van der Waals surface area contributed by atoms with Crippen LogP contribution in [0.15, 0.2) is 77.3 Å². The lowest BCUT2D eigenvalue weighted by Gasteiger charge is -2.34. The number of amides is 2. The lowest BCUT2D eigenvalue weighted by molar-refractivity contribution is -0.137. The molecule has 1 aliphatic rings. The Morgan fingerprint density at radius 2 is 1.70 bits per heavy atom. The van der Waals surface area contributed by atoms with Crippen molar-refractivity contribution in [2.45, 2.75) is 12.7 Å². The molecule has 1 saturated heterocycles. The van der Waals surface area contributed by atoms with E-state index < -0.39 is 11.7 Å². The Bertz CT molecular complexity index is 1480. The van der Waals surface area contributed by atoms with Crippen molar-refractivity contribution in [3.05, 3.63) is 95.1 Å². The molecule has 0 unspecified atom stereocenters. The van der Waals surface area contributed by atoms with Crippen molar-refractivity contribution in [1.29, 1.82) is 0 Å². The fraction of sp³-hybridized carbons (Fsp3) is 0.214. The van der Waals surface area contributed by atoms with Crippen molar-refractivity contribution < 1.29 is 22.5 Å². The third-order valence-electron chi connectivity index (χ3n) is 6.17. The number of carbonyl (C=O) groups excluding carboxylic acids is 1. The largest absolute Gasteiger partial charge is 0.417 e. The predicted octanol–water partition coefficient (Wildman–Crippen LogP) is 5.60. The van der Waals surface area contributed by atoms with Crippen molar-refractivity contribution in [3.8, 4) is 11.8 Å². The molecule has 188 valence electrons. The summed E-state index contributed by atoms with van der Waals surface area (Å²) in [5.74, 6) is 5.93. The van der Waals surface area contributed by atoms with Gasteiger partial charge in [0.1, 0.15) is 0 Å². The molecule has 2 amide bonds. The number of rotatable bonds is 3. The number of aromatic nitrogens is 1. The van der Waals surface area contributed by atoms with Crippen LogP contribution in [0.5, 0.6) is 0 Å². The highest BCUT2D eigenvalue weighted by atomic mass is 19.4. The highest BCUT2D eigenvalue weighted by Crippen LogP contribution is 2.31. The molecule has 9 heteroatoms. The molecular formula is C28H23F3N4O2. The number of para-hydroxylation sites is 1. The molecule has 1 aromatic heterocycles. The zero-order valence-electron chi connectivity index (χ0n) is 19.8. The van der Waals surface area contributed by atoms with Crippen LogP contribution < -0.4 is 5.32 Å². The van der Waals surface area contributed by atoms with Crippen LogP contribution >= 0.6 is 0 Å². The third kappa shape index (κ3) is 5.76. The molecule has 1 N–H and O–H groups in total. The average molecular weight is 505 g/mol. The third-order valence-corrected chi connectivity index (χ3v) is 6.17. The first-order valence-corrected chi connectivity index (χ1v) is 11.8. The smallest absolute Gasteiger partial charge is 0.354 e. The number of anilines is 1. The lowest BCUT2D eigenvalue weighted by Crippen LogP contribution is -2.49. The Balaban J connectivity index is 1.18. The minimum Gasteiger partial charge on any atom is -0.354 e. The van der Waals surface area contributed by atoms with E-state index in [1.165, 1.54) is 12.1 Å². The topological polar surface area (TPSA) is 61.6 Å². The summed E-state index contributed by atoms with van der Waals surface area (Å²) < 4.78 is 44.9. The number of halogens is 3. The number of nitrogens with zero attached hydrogens (tertiary/aromatic N) is 3. The van der Waals surface area contributed by atoms with Crippen LogP contribution in [0, 0.1) is 11.8 Å². The molecule has 0 radical (unpaired) electrons. The van der Waals surface area contributed by atoms with Gasteiger partial charge in [-0.2, -0.15) is 13.2 Å². The first-order chi connectivity index (χ1) is 17.9. The van der Waals surface area contributed by atoms with Crippen LogP contribution in [-0.4, -0.2) is 47.2 Å². The Kier molecular flexibility index (Phi) is 6.84. The lowest BCUT2D eigenvalue weighted by atomic mass is 10.1. The maximum atomic E-state index is 13.2. The fourth-order valence-corrected chi connectivity index (χ4v) is 4.25.